The van der Waals surface area contributed by atoms with Crippen molar-refractivity contribution in [2.24, 2.45) is 5.92 Å². The lowest BCUT2D eigenvalue weighted by Crippen LogP contribution is -2.37. The molecule has 0 saturated carbocycles. The van der Waals surface area contributed by atoms with Gasteiger partial charge in [0.25, 0.3) is 5.91 Å². The topological polar surface area (TPSA) is 59.1 Å². The predicted octanol–water partition coefficient (Wildman–Crippen LogP) is 4.90. The summed E-state index contributed by atoms with van der Waals surface area (Å²) < 4.78 is 6.57. The smallest absolute Gasteiger partial charge is 0.266 e. The van der Waals surface area contributed by atoms with E-state index >= 15 is 0 Å². The van der Waals surface area contributed by atoms with E-state index in [1.165, 1.54) is 4.90 Å². The fourth-order valence-corrected chi connectivity index (χ4v) is 4.82. The van der Waals surface area contributed by atoms with Crippen molar-refractivity contribution in [2.75, 3.05) is 16.6 Å². The Morgan fingerprint density at radius 3 is 2.44 bits per heavy atom. The third-order valence-corrected chi connectivity index (χ3v) is 6.22. The van der Waals surface area contributed by atoms with E-state index in [4.69, 9.17) is 9.57 Å². The predicted molar refractivity (Wildman–Crippen MR) is 124 cm³/mol. The average Bonchev–Trinajstić information content (AvgIpc) is 3.31. The number of benzene rings is 3. The summed E-state index contributed by atoms with van der Waals surface area (Å²) in [6.45, 7) is 2.29. The van der Waals surface area contributed by atoms with Crippen molar-refractivity contribution in [2.45, 2.75) is 19.1 Å². The van der Waals surface area contributed by atoms with Crippen LogP contribution in [0.1, 0.15) is 18.5 Å². The minimum Gasteiger partial charge on any atom is -0.492 e. The molecular weight excluding hydrogens is 472 g/mol. The normalized spacial score (nSPS) is 22.4. The standard InChI is InChI=1S/C25H21BrN2O4/c1-2-31-20-14-7-6-13-19(20)27-24(29)21-22(16-9-8-10-17(26)15-16)28(32-23(21)25(27)30)18-11-4-3-5-12-18/h3-15,21-23H,2H2,1H3/t21-,22-,23+/m0/s1. The van der Waals surface area contributed by atoms with Gasteiger partial charge in [0.1, 0.15) is 11.7 Å². The largest absolute Gasteiger partial charge is 0.492 e. The van der Waals surface area contributed by atoms with Gasteiger partial charge in [0.2, 0.25) is 5.91 Å². The SMILES string of the molecule is CCOc1ccccc1N1C(=O)[C@@H]2[C@@H](ON(c3ccccc3)[C@H]2c2cccc(Br)c2)C1=O. The molecule has 5 rings (SSSR count). The molecule has 0 radical (unpaired) electrons. The third kappa shape index (κ3) is 3.38. The first-order chi connectivity index (χ1) is 15.6. The van der Waals surface area contributed by atoms with Gasteiger partial charge in [-0.2, -0.15) is 0 Å². The van der Waals surface area contributed by atoms with Crippen molar-refractivity contribution in [3.8, 4) is 5.75 Å². The van der Waals surface area contributed by atoms with Gasteiger partial charge in [-0.05, 0) is 48.9 Å². The summed E-state index contributed by atoms with van der Waals surface area (Å²) in [5.74, 6) is -0.872. The van der Waals surface area contributed by atoms with E-state index in [0.29, 0.717) is 18.0 Å². The highest BCUT2D eigenvalue weighted by Gasteiger charge is 2.60. The Morgan fingerprint density at radius 2 is 1.69 bits per heavy atom. The Hall–Kier alpha value is -3.16. The molecule has 0 N–H and O–H groups in total. The van der Waals surface area contributed by atoms with E-state index < -0.39 is 18.1 Å². The van der Waals surface area contributed by atoms with Crippen molar-refractivity contribution in [3.63, 3.8) is 0 Å². The van der Waals surface area contributed by atoms with Crippen LogP contribution in [-0.2, 0) is 14.4 Å². The van der Waals surface area contributed by atoms with E-state index in [2.05, 4.69) is 15.9 Å². The number of anilines is 2. The molecule has 0 spiro atoms. The molecule has 2 aliphatic rings. The van der Waals surface area contributed by atoms with E-state index in [-0.39, 0.29) is 11.8 Å². The maximum absolute atomic E-state index is 13.7. The zero-order valence-electron chi connectivity index (χ0n) is 17.4. The van der Waals surface area contributed by atoms with Gasteiger partial charge in [-0.25, -0.2) is 9.96 Å². The van der Waals surface area contributed by atoms with Crippen LogP contribution in [0.4, 0.5) is 11.4 Å². The molecule has 0 aliphatic carbocycles. The summed E-state index contributed by atoms with van der Waals surface area (Å²) in [5, 5.41) is 1.69. The van der Waals surface area contributed by atoms with Crippen molar-refractivity contribution >= 4 is 39.1 Å². The Labute approximate surface area is 194 Å². The first kappa shape index (κ1) is 20.7. The lowest BCUT2D eigenvalue weighted by molar-refractivity contribution is -0.126. The summed E-state index contributed by atoms with van der Waals surface area (Å²) in [4.78, 5) is 34.6. The van der Waals surface area contributed by atoms with Crippen molar-refractivity contribution in [1.29, 1.82) is 0 Å². The van der Waals surface area contributed by atoms with Crippen LogP contribution in [0.3, 0.4) is 0 Å². The summed E-state index contributed by atoms with van der Waals surface area (Å²) in [5.41, 5.74) is 2.12. The third-order valence-electron chi connectivity index (χ3n) is 5.72. The molecule has 0 unspecified atom stereocenters. The van der Waals surface area contributed by atoms with Gasteiger partial charge in [0.15, 0.2) is 6.10 Å². The second kappa shape index (κ2) is 8.41. The summed E-state index contributed by atoms with van der Waals surface area (Å²) in [6, 6.07) is 23.9. The highest BCUT2D eigenvalue weighted by Crippen LogP contribution is 2.48. The van der Waals surface area contributed by atoms with Crippen LogP contribution in [-0.4, -0.2) is 24.5 Å². The minimum atomic E-state index is -0.915. The number of para-hydroxylation sites is 3. The van der Waals surface area contributed by atoms with Crippen LogP contribution >= 0.6 is 15.9 Å². The number of imide groups is 1. The molecule has 2 heterocycles. The monoisotopic (exact) mass is 492 g/mol. The zero-order valence-corrected chi connectivity index (χ0v) is 18.9. The highest BCUT2D eigenvalue weighted by atomic mass is 79.9. The lowest BCUT2D eigenvalue weighted by Gasteiger charge is -2.29. The van der Waals surface area contributed by atoms with Crippen LogP contribution < -0.4 is 14.7 Å². The van der Waals surface area contributed by atoms with Crippen LogP contribution in [0, 0.1) is 5.92 Å². The number of hydroxylamine groups is 1. The zero-order chi connectivity index (χ0) is 22.2. The van der Waals surface area contributed by atoms with Crippen molar-refractivity contribution in [1.82, 2.24) is 0 Å². The quantitative estimate of drug-likeness (QED) is 0.474. The molecular formula is C25H21BrN2O4. The van der Waals surface area contributed by atoms with Crippen LogP contribution in [0.5, 0.6) is 5.75 Å². The molecule has 3 aromatic carbocycles. The first-order valence-corrected chi connectivity index (χ1v) is 11.3. The van der Waals surface area contributed by atoms with Gasteiger partial charge >= 0.3 is 0 Å². The highest BCUT2D eigenvalue weighted by molar-refractivity contribution is 9.10. The minimum absolute atomic E-state index is 0.296. The fraction of sp³-hybridized carbons (Fsp3) is 0.200. The number of fused-ring (bicyclic) bond motifs is 1. The number of carbonyl (C=O) groups excluding carboxylic acids is 2. The maximum Gasteiger partial charge on any atom is 0.266 e. The number of ether oxygens (including phenoxy) is 1. The number of hydrogen-bond acceptors (Lipinski definition) is 5. The van der Waals surface area contributed by atoms with E-state index in [1.807, 2.05) is 67.6 Å². The molecule has 162 valence electrons. The Kier molecular flexibility index (Phi) is 5.45. The molecule has 6 nitrogen and oxygen atoms in total. The number of amides is 2. The van der Waals surface area contributed by atoms with Crippen LogP contribution in [0.15, 0.2) is 83.3 Å². The number of rotatable bonds is 5. The summed E-state index contributed by atoms with van der Waals surface area (Å²) in [6.07, 6.45) is -0.915. The summed E-state index contributed by atoms with van der Waals surface area (Å²) >= 11 is 3.52. The molecule has 3 atom stereocenters. The molecule has 7 heteroatoms. The number of carbonyl (C=O) groups is 2. The van der Waals surface area contributed by atoms with Gasteiger partial charge in [-0.3, -0.25) is 14.4 Å². The maximum atomic E-state index is 13.7. The average molecular weight is 493 g/mol. The van der Waals surface area contributed by atoms with Crippen molar-refractivity contribution < 1.29 is 19.2 Å². The molecule has 2 fully saturated rings. The van der Waals surface area contributed by atoms with E-state index in [9.17, 15) is 9.59 Å². The first-order valence-electron chi connectivity index (χ1n) is 10.5. The van der Waals surface area contributed by atoms with Gasteiger partial charge in [-0.1, -0.05) is 58.4 Å². The van der Waals surface area contributed by atoms with Crippen LogP contribution in [0.25, 0.3) is 0 Å². The van der Waals surface area contributed by atoms with Crippen LogP contribution in [0.2, 0.25) is 0 Å². The Morgan fingerprint density at radius 1 is 0.938 bits per heavy atom. The number of nitrogens with zero attached hydrogens (tertiary/aromatic N) is 2. The summed E-state index contributed by atoms with van der Waals surface area (Å²) in [7, 11) is 0. The number of halogens is 1. The molecule has 0 aromatic heterocycles. The Balaban J connectivity index is 1.59. The molecule has 2 aliphatic heterocycles. The van der Waals surface area contributed by atoms with E-state index in [1.54, 1.807) is 23.3 Å². The van der Waals surface area contributed by atoms with Gasteiger partial charge in [0.05, 0.1) is 24.0 Å². The van der Waals surface area contributed by atoms with Crippen molar-refractivity contribution in [3.05, 3.63) is 88.9 Å². The molecule has 3 aromatic rings. The second-order valence-corrected chi connectivity index (χ2v) is 8.54. The van der Waals surface area contributed by atoms with E-state index in [0.717, 1.165) is 15.7 Å². The molecule has 2 saturated heterocycles. The molecule has 2 amide bonds. The fourth-order valence-electron chi connectivity index (χ4n) is 4.40. The van der Waals surface area contributed by atoms with Gasteiger partial charge in [-0.15, -0.1) is 0 Å². The lowest BCUT2D eigenvalue weighted by atomic mass is 9.90. The number of hydrogen-bond donors (Lipinski definition) is 0. The molecule has 32 heavy (non-hydrogen) atoms. The second-order valence-electron chi connectivity index (χ2n) is 7.63. The van der Waals surface area contributed by atoms with Gasteiger partial charge < -0.3 is 4.74 Å². The molecule has 0 bridgehead atoms. The Bertz CT molecular complexity index is 1170. The van der Waals surface area contributed by atoms with Gasteiger partial charge in [0, 0.05) is 4.47 Å².